The predicted molar refractivity (Wildman–Crippen MR) is 88.2 cm³/mol. The van der Waals surface area contributed by atoms with Crippen LogP contribution >= 0.6 is 0 Å². The maximum atomic E-state index is 12.3. The summed E-state index contributed by atoms with van der Waals surface area (Å²) in [6.07, 6.45) is 0.362. The summed E-state index contributed by atoms with van der Waals surface area (Å²) in [4.78, 5) is 22.8. The first-order valence-corrected chi connectivity index (χ1v) is 9.15. The zero-order chi connectivity index (χ0) is 18.3. The van der Waals surface area contributed by atoms with Crippen molar-refractivity contribution in [2.24, 2.45) is 11.8 Å². The van der Waals surface area contributed by atoms with Crippen LogP contribution < -0.4 is 4.72 Å². The molecule has 7 nitrogen and oxygen atoms in total. The Hall–Kier alpha value is -1.93. The lowest BCUT2D eigenvalue weighted by atomic mass is 9.98. The summed E-state index contributed by atoms with van der Waals surface area (Å²) in [6.45, 7) is 5.37. The Morgan fingerprint density at radius 3 is 2.50 bits per heavy atom. The molecule has 0 saturated heterocycles. The smallest absolute Gasteiger partial charge is 0.338 e. The van der Waals surface area contributed by atoms with Crippen LogP contribution in [0.3, 0.4) is 0 Å². The van der Waals surface area contributed by atoms with E-state index < -0.39 is 27.9 Å². The highest BCUT2D eigenvalue weighted by atomic mass is 32.2. The monoisotopic (exact) mass is 357 g/mol. The summed E-state index contributed by atoms with van der Waals surface area (Å²) in [5.41, 5.74) is 0.122. The lowest BCUT2D eigenvalue weighted by Gasteiger charge is -2.15. The minimum atomic E-state index is -3.92. The second-order valence-corrected chi connectivity index (χ2v) is 7.53. The van der Waals surface area contributed by atoms with Crippen LogP contribution in [-0.2, 0) is 19.6 Å². The van der Waals surface area contributed by atoms with Crippen molar-refractivity contribution in [3.63, 3.8) is 0 Å². The Balaban J connectivity index is 2.90. The van der Waals surface area contributed by atoms with E-state index in [1.165, 1.54) is 24.3 Å². The molecule has 2 N–H and O–H groups in total. The van der Waals surface area contributed by atoms with Gasteiger partial charge in [0.15, 0.2) is 0 Å². The fourth-order valence-electron chi connectivity index (χ4n) is 2.14. The van der Waals surface area contributed by atoms with Crippen molar-refractivity contribution < 1.29 is 27.9 Å². The van der Waals surface area contributed by atoms with Crippen molar-refractivity contribution in [2.75, 3.05) is 13.2 Å². The summed E-state index contributed by atoms with van der Waals surface area (Å²) in [5.74, 6) is -2.35. The van der Waals surface area contributed by atoms with E-state index >= 15 is 0 Å². The van der Waals surface area contributed by atoms with E-state index in [9.17, 15) is 18.0 Å². The number of carbonyl (C=O) groups is 2. The molecule has 1 aromatic carbocycles. The first kappa shape index (κ1) is 20.1. The van der Waals surface area contributed by atoms with Gasteiger partial charge in [0.1, 0.15) is 0 Å². The molecule has 8 heteroatoms. The highest BCUT2D eigenvalue weighted by Crippen LogP contribution is 2.15. The maximum Gasteiger partial charge on any atom is 0.338 e. The highest BCUT2D eigenvalue weighted by Gasteiger charge is 2.23. The zero-order valence-electron chi connectivity index (χ0n) is 14.0. The molecule has 134 valence electrons. The van der Waals surface area contributed by atoms with Gasteiger partial charge >= 0.3 is 11.9 Å². The van der Waals surface area contributed by atoms with Crippen LogP contribution in [0, 0.1) is 11.8 Å². The first-order valence-electron chi connectivity index (χ1n) is 7.67. The quantitative estimate of drug-likeness (QED) is 0.653. The molecule has 0 saturated carbocycles. The van der Waals surface area contributed by atoms with E-state index in [0.29, 0.717) is 6.42 Å². The van der Waals surface area contributed by atoms with Crippen LogP contribution in [0.4, 0.5) is 0 Å². The van der Waals surface area contributed by atoms with Crippen molar-refractivity contribution in [1.82, 2.24) is 4.72 Å². The lowest BCUT2D eigenvalue weighted by molar-refractivity contribution is -0.142. The van der Waals surface area contributed by atoms with Crippen molar-refractivity contribution in [3.8, 4) is 0 Å². The van der Waals surface area contributed by atoms with Gasteiger partial charge in [-0.2, -0.15) is 0 Å². The summed E-state index contributed by atoms with van der Waals surface area (Å²) >= 11 is 0. The molecule has 0 heterocycles. The molecule has 0 fully saturated rings. The highest BCUT2D eigenvalue weighted by molar-refractivity contribution is 7.89. The van der Waals surface area contributed by atoms with Gasteiger partial charge in [-0.1, -0.05) is 19.9 Å². The number of ether oxygens (including phenoxy) is 1. The van der Waals surface area contributed by atoms with Gasteiger partial charge in [-0.25, -0.2) is 17.9 Å². The zero-order valence-corrected chi connectivity index (χ0v) is 14.8. The number of carboxylic acids is 1. The van der Waals surface area contributed by atoms with Crippen LogP contribution in [0.1, 0.15) is 37.6 Å². The normalized spacial score (nSPS) is 12.8. The SMILES string of the molecule is CCOC(=O)c1cccc(S(=O)(=O)NCC(CC(C)C)C(=O)O)c1. The molecule has 24 heavy (non-hydrogen) atoms. The number of hydrogen-bond donors (Lipinski definition) is 2. The van der Waals surface area contributed by atoms with E-state index in [4.69, 9.17) is 9.84 Å². The minimum Gasteiger partial charge on any atom is -0.481 e. The fraction of sp³-hybridized carbons (Fsp3) is 0.500. The van der Waals surface area contributed by atoms with E-state index in [0.717, 1.165) is 0 Å². The average molecular weight is 357 g/mol. The molecule has 0 radical (unpaired) electrons. The average Bonchev–Trinajstić information content (AvgIpc) is 2.51. The van der Waals surface area contributed by atoms with Gasteiger partial charge in [0.25, 0.3) is 0 Å². The molecule has 0 spiro atoms. The Morgan fingerprint density at radius 2 is 1.96 bits per heavy atom. The minimum absolute atomic E-state index is 0.110. The second-order valence-electron chi connectivity index (χ2n) is 5.76. The third kappa shape index (κ3) is 5.93. The van der Waals surface area contributed by atoms with Crippen LogP contribution in [0.5, 0.6) is 0 Å². The lowest BCUT2D eigenvalue weighted by Crippen LogP contribution is -2.33. The third-order valence-electron chi connectivity index (χ3n) is 3.28. The molecular formula is C16H23NO6S. The summed E-state index contributed by atoms with van der Waals surface area (Å²) in [5, 5.41) is 9.17. The standard InChI is InChI=1S/C16H23NO6S/c1-4-23-16(20)12-6-5-7-14(9-12)24(21,22)17-10-13(15(18)19)8-11(2)3/h5-7,9,11,13,17H,4,8,10H2,1-3H3,(H,18,19). The molecule has 0 aliphatic carbocycles. The Kier molecular flexibility index (Phi) is 7.37. The van der Waals surface area contributed by atoms with E-state index in [1.807, 2.05) is 13.8 Å². The van der Waals surface area contributed by atoms with Gasteiger partial charge in [0, 0.05) is 6.54 Å². The topological polar surface area (TPSA) is 110 Å². The van der Waals surface area contributed by atoms with Gasteiger partial charge in [-0.3, -0.25) is 4.79 Å². The Bertz CT molecular complexity index is 684. The molecule has 0 bridgehead atoms. The Labute approximate surface area is 142 Å². The summed E-state index contributed by atoms with van der Waals surface area (Å²) in [6, 6.07) is 5.43. The largest absolute Gasteiger partial charge is 0.481 e. The maximum absolute atomic E-state index is 12.3. The fourth-order valence-corrected chi connectivity index (χ4v) is 3.27. The molecule has 1 unspecified atom stereocenters. The molecule has 0 aromatic heterocycles. The van der Waals surface area contributed by atoms with Gasteiger partial charge in [0.2, 0.25) is 10.0 Å². The molecule has 0 aliphatic heterocycles. The van der Waals surface area contributed by atoms with Crippen LogP contribution in [0.2, 0.25) is 0 Å². The number of esters is 1. The van der Waals surface area contributed by atoms with E-state index in [1.54, 1.807) is 6.92 Å². The second kappa shape index (κ2) is 8.79. The number of sulfonamides is 1. The Morgan fingerprint density at radius 1 is 1.29 bits per heavy atom. The van der Waals surface area contributed by atoms with Crippen LogP contribution in [-0.4, -0.2) is 38.6 Å². The van der Waals surface area contributed by atoms with Crippen molar-refractivity contribution in [2.45, 2.75) is 32.1 Å². The number of benzene rings is 1. The van der Waals surface area contributed by atoms with E-state index in [2.05, 4.69) is 4.72 Å². The third-order valence-corrected chi connectivity index (χ3v) is 4.70. The molecule has 1 atom stereocenters. The van der Waals surface area contributed by atoms with Gasteiger partial charge in [-0.05, 0) is 37.5 Å². The van der Waals surface area contributed by atoms with Gasteiger partial charge in [0.05, 0.1) is 23.0 Å². The summed E-state index contributed by atoms with van der Waals surface area (Å²) < 4.78 is 31.8. The number of rotatable bonds is 9. The first-order chi connectivity index (χ1) is 11.2. The summed E-state index contributed by atoms with van der Waals surface area (Å²) in [7, 11) is -3.92. The molecule has 0 aliphatic rings. The predicted octanol–water partition coefficient (Wildman–Crippen LogP) is 1.89. The molecule has 0 amide bonds. The van der Waals surface area contributed by atoms with E-state index in [-0.39, 0.29) is 29.5 Å². The van der Waals surface area contributed by atoms with Gasteiger partial charge in [-0.15, -0.1) is 0 Å². The van der Waals surface area contributed by atoms with Crippen LogP contribution in [0.15, 0.2) is 29.2 Å². The molecule has 1 rings (SSSR count). The van der Waals surface area contributed by atoms with Crippen LogP contribution in [0.25, 0.3) is 0 Å². The van der Waals surface area contributed by atoms with Crippen molar-refractivity contribution >= 4 is 22.0 Å². The number of aliphatic carboxylic acids is 1. The number of hydrogen-bond acceptors (Lipinski definition) is 5. The number of nitrogens with one attached hydrogen (secondary N) is 1. The van der Waals surface area contributed by atoms with Crippen molar-refractivity contribution in [1.29, 1.82) is 0 Å². The van der Waals surface area contributed by atoms with Crippen molar-refractivity contribution in [3.05, 3.63) is 29.8 Å². The van der Waals surface area contributed by atoms with Gasteiger partial charge < -0.3 is 9.84 Å². The molecular weight excluding hydrogens is 334 g/mol. The molecule has 1 aromatic rings. The number of carboxylic acid groups (broad SMARTS) is 1. The number of carbonyl (C=O) groups excluding carboxylic acids is 1.